The molecule has 7 atom stereocenters. The van der Waals surface area contributed by atoms with Crippen LogP contribution < -0.4 is 22.1 Å². The van der Waals surface area contributed by atoms with Gasteiger partial charge in [-0.2, -0.15) is 0 Å². The lowest BCUT2D eigenvalue weighted by atomic mass is 9.71. The molecule has 4 rings (SSSR count). The van der Waals surface area contributed by atoms with E-state index in [4.69, 9.17) is 11.5 Å². The van der Waals surface area contributed by atoms with Crippen LogP contribution in [0.3, 0.4) is 0 Å². The number of nitrogens with one attached hydrogen (secondary N) is 2. The quantitative estimate of drug-likeness (QED) is 0.501. The molecule has 6 N–H and O–H groups in total. The van der Waals surface area contributed by atoms with Crippen molar-refractivity contribution >= 4 is 23.5 Å². The first kappa shape index (κ1) is 21.8. The fourth-order valence-electron chi connectivity index (χ4n) is 6.50. The molecule has 0 radical (unpaired) electrons. The second-order valence-electron chi connectivity index (χ2n) is 9.79. The molecular weight excluding hydrogens is 384 g/mol. The molecule has 2 heterocycles. The van der Waals surface area contributed by atoms with E-state index < -0.39 is 0 Å². The van der Waals surface area contributed by atoms with Gasteiger partial charge < -0.3 is 22.1 Å². The van der Waals surface area contributed by atoms with Gasteiger partial charge in [-0.05, 0) is 94.0 Å². The summed E-state index contributed by atoms with van der Waals surface area (Å²) in [5.41, 5.74) is 11.8. The zero-order valence-corrected chi connectivity index (χ0v) is 19.1. The standard InChI is InChI=1S/C22H42N4S2/c23-6-4-15-10-16(5-7-24)12-19(11-15)20-14-26-22(28-20)18-3-1-2-17(13-18)21-25-8-9-27-21/h15-22,25-26H,1-14,23-24H2. The highest BCUT2D eigenvalue weighted by Gasteiger charge is 2.41. The van der Waals surface area contributed by atoms with E-state index in [0.29, 0.717) is 5.37 Å². The minimum Gasteiger partial charge on any atom is -0.330 e. The van der Waals surface area contributed by atoms with Gasteiger partial charge in [0.15, 0.2) is 0 Å². The van der Waals surface area contributed by atoms with Crippen LogP contribution in [0.5, 0.6) is 0 Å². The molecule has 2 aliphatic carbocycles. The highest BCUT2D eigenvalue weighted by atomic mass is 32.2. The Morgan fingerprint density at radius 2 is 1.50 bits per heavy atom. The largest absolute Gasteiger partial charge is 0.330 e. The molecule has 0 aromatic rings. The Morgan fingerprint density at radius 1 is 0.786 bits per heavy atom. The molecule has 162 valence electrons. The monoisotopic (exact) mass is 426 g/mol. The summed E-state index contributed by atoms with van der Waals surface area (Å²) >= 11 is 4.48. The Bertz CT molecular complexity index is 459. The maximum absolute atomic E-state index is 5.91. The third kappa shape index (κ3) is 5.42. The van der Waals surface area contributed by atoms with E-state index in [1.165, 1.54) is 76.6 Å². The zero-order chi connectivity index (χ0) is 19.3. The molecule has 0 amide bonds. The molecule has 4 fully saturated rings. The highest BCUT2D eigenvalue weighted by molar-refractivity contribution is 8.00. The lowest BCUT2D eigenvalue weighted by Crippen LogP contribution is -2.37. The van der Waals surface area contributed by atoms with Crippen LogP contribution in [0, 0.1) is 29.6 Å². The smallest absolute Gasteiger partial charge is 0.0564 e. The fraction of sp³-hybridized carbons (Fsp3) is 1.00. The normalized spacial score (nSPS) is 44.8. The predicted octanol–water partition coefficient (Wildman–Crippen LogP) is 3.22. The SMILES string of the molecule is NCCC1CC(CCN)CC(C2CNC(C3CCCC(C4NCCS4)C3)S2)C1. The molecule has 0 aromatic heterocycles. The van der Waals surface area contributed by atoms with Crippen molar-refractivity contribution in [3.63, 3.8) is 0 Å². The molecule has 4 aliphatic rings. The number of rotatable bonds is 7. The summed E-state index contributed by atoms with van der Waals surface area (Å²) in [5.74, 6) is 5.62. The van der Waals surface area contributed by atoms with Crippen molar-refractivity contribution in [2.45, 2.75) is 73.8 Å². The van der Waals surface area contributed by atoms with Gasteiger partial charge in [-0.25, -0.2) is 0 Å². The summed E-state index contributed by atoms with van der Waals surface area (Å²) in [6.07, 6.45) is 12.3. The Balaban J connectivity index is 1.31. The molecule has 0 bridgehead atoms. The number of thioether (sulfide) groups is 2. The summed E-state index contributed by atoms with van der Waals surface area (Å²) < 4.78 is 0. The number of hydrogen-bond donors (Lipinski definition) is 4. The summed E-state index contributed by atoms with van der Waals surface area (Å²) in [4.78, 5) is 0. The average Bonchev–Trinajstić information content (AvgIpc) is 3.41. The minimum absolute atomic E-state index is 0.696. The van der Waals surface area contributed by atoms with E-state index >= 15 is 0 Å². The van der Waals surface area contributed by atoms with Crippen molar-refractivity contribution < 1.29 is 0 Å². The predicted molar refractivity (Wildman–Crippen MR) is 125 cm³/mol. The van der Waals surface area contributed by atoms with Gasteiger partial charge in [0.2, 0.25) is 0 Å². The van der Waals surface area contributed by atoms with Crippen molar-refractivity contribution in [2.75, 3.05) is 31.9 Å². The molecule has 7 unspecified atom stereocenters. The van der Waals surface area contributed by atoms with Gasteiger partial charge in [-0.3, -0.25) is 0 Å². The van der Waals surface area contributed by atoms with Crippen LogP contribution >= 0.6 is 23.5 Å². The minimum atomic E-state index is 0.696. The molecule has 6 heteroatoms. The van der Waals surface area contributed by atoms with E-state index in [2.05, 4.69) is 34.2 Å². The van der Waals surface area contributed by atoms with Gasteiger partial charge >= 0.3 is 0 Å². The lowest BCUT2D eigenvalue weighted by Gasteiger charge is -2.38. The lowest BCUT2D eigenvalue weighted by molar-refractivity contribution is 0.179. The molecular formula is C22H42N4S2. The summed E-state index contributed by atoms with van der Waals surface area (Å²) in [5, 5.41) is 9.95. The van der Waals surface area contributed by atoms with Crippen molar-refractivity contribution in [1.29, 1.82) is 0 Å². The van der Waals surface area contributed by atoms with Crippen molar-refractivity contribution in [1.82, 2.24) is 10.6 Å². The second-order valence-corrected chi connectivity index (χ2v) is 12.4. The van der Waals surface area contributed by atoms with Crippen molar-refractivity contribution in [3.8, 4) is 0 Å². The van der Waals surface area contributed by atoms with Gasteiger partial charge in [0.05, 0.1) is 10.7 Å². The number of nitrogens with two attached hydrogens (primary N) is 2. The van der Waals surface area contributed by atoms with Crippen LogP contribution in [-0.2, 0) is 0 Å². The van der Waals surface area contributed by atoms with Gasteiger partial charge in [0.1, 0.15) is 0 Å². The van der Waals surface area contributed by atoms with E-state index in [1.54, 1.807) is 0 Å². The van der Waals surface area contributed by atoms with Gasteiger partial charge in [0, 0.05) is 24.1 Å². The van der Waals surface area contributed by atoms with E-state index in [1.807, 2.05) is 0 Å². The molecule has 2 saturated heterocycles. The third-order valence-electron chi connectivity index (χ3n) is 7.81. The van der Waals surface area contributed by atoms with Crippen LogP contribution in [0.4, 0.5) is 0 Å². The number of hydrogen-bond acceptors (Lipinski definition) is 6. The van der Waals surface area contributed by atoms with Crippen molar-refractivity contribution in [3.05, 3.63) is 0 Å². The van der Waals surface area contributed by atoms with Crippen molar-refractivity contribution in [2.24, 2.45) is 41.1 Å². The van der Waals surface area contributed by atoms with Gasteiger partial charge in [-0.1, -0.05) is 6.42 Å². The Kier molecular flexibility index (Phi) is 8.33. The zero-order valence-electron chi connectivity index (χ0n) is 17.5. The first-order valence-electron chi connectivity index (χ1n) is 11.9. The topological polar surface area (TPSA) is 76.1 Å². The molecule has 0 spiro atoms. The Morgan fingerprint density at radius 3 is 2.14 bits per heavy atom. The maximum Gasteiger partial charge on any atom is 0.0564 e. The average molecular weight is 427 g/mol. The highest BCUT2D eigenvalue weighted by Crippen LogP contribution is 2.47. The Labute approximate surface area is 180 Å². The van der Waals surface area contributed by atoms with E-state index in [0.717, 1.165) is 53.3 Å². The molecule has 0 aromatic carbocycles. The van der Waals surface area contributed by atoms with E-state index in [9.17, 15) is 0 Å². The first-order chi connectivity index (χ1) is 13.8. The second kappa shape index (κ2) is 10.7. The Hall–Kier alpha value is 0.540. The van der Waals surface area contributed by atoms with Gasteiger partial charge in [-0.15, -0.1) is 23.5 Å². The summed E-state index contributed by atoms with van der Waals surface area (Å²) in [6.45, 7) is 4.14. The van der Waals surface area contributed by atoms with E-state index in [-0.39, 0.29) is 0 Å². The molecule has 2 saturated carbocycles. The van der Waals surface area contributed by atoms with Crippen LogP contribution in [0.15, 0.2) is 0 Å². The third-order valence-corrected chi connectivity index (χ3v) is 10.9. The van der Waals surface area contributed by atoms with Gasteiger partial charge in [0.25, 0.3) is 0 Å². The summed E-state index contributed by atoms with van der Waals surface area (Å²) in [6, 6.07) is 0. The van der Waals surface area contributed by atoms with Crippen LogP contribution in [-0.4, -0.2) is 47.9 Å². The van der Waals surface area contributed by atoms with Crippen LogP contribution in [0.25, 0.3) is 0 Å². The molecule has 4 nitrogen and oxygen atoms in total. The maximum atomic E-state index is 5.91. The summed E-state index contributed by atoms with van der Waals surface area (Å²) in [7, 11) is 0. The first-order valence-corrected chi connectivity index (χ1v) is 13.9. The van der Waals surface area contributed by atoms with Crippen LogP contribution in [0.1, 0.15) is 57.8 Å². The fourth-order valence-corrected chi connectivity index (χ4v) is 9.42. The molecule has 28 heavy (non-hydrogen) atoms. The molecule has 2 aliphatic heterocycles. The van der Waals surface area contributed by atoms with Crippen LogP contribution in [0.2, 0.25) is 0 Å².